The highest BCUT2D eigenvalue weighted by Crippen LogP contribution is 2.26. The maximum Gasteiger partial charge on any atom is 0.330 e. The molecule has 0 radical (unpaired) electrons. The molecule has 0 saturated heterocycles. The van der Waals surface area contributed by atoms with Crippen LogP contribution in [0, 0.1) is 0 Å². The van der Waals surface area contributed by atoms with Crippen LogP contribution in [-0.2, 0) is 19.1 Å². The Bertz CT molecular complexity index is 1390. The fraction of sp³-hybridized carbons (Fsp3) is 0.389. The number of likely N-dealkylation sites (N-methyl/N-ethyl adjacent to an activating group) is 1. The first-order valence-electron chi connectivity index (χ1n) is 16.0. The van der Waals surface area contributed by atoms with Crippen LogP contribution in [0.4, 0.5) is 28.4 Å². The zero-order chi connectivity index (χ0) is 32.8. The fourth-order valence-electron chi connectivity index (χ4n) is 4.33. The normalized spacial score (nSPS) is 11.1. The smallest absolute Gasteiger partial charge is 0.330 e. The van der Waals surface area contributed by atoms with E-state index in [1.807, 2.05) is 86.6 Å². The minimum absolute atomic E-state index is 0.122. The van der Waals surface area contributed by atoms with Gasteiger partial charge in [0.05, 0.1) is 42.5 Å². The molecule has 0 fully saturated rings. The number of esters is 2. The van der Waals surface area contributed by atoms with Gasteiger partial charge in [0.2, 0.25) is 0 Å². The number of benzene rings is 3. The molecular formula is C36H45N5O5. The van der Waals surface area contributed by atoms with Crippen molar-refractivity contribution in [3.8, 4) is 5.75 Å². The SMILES string of the molecule is C=CC(=O)OCCN(CC)c1ccc(N=Nc2ccc(N=Nc3ccc(OCCCCCCCCOC(=O)CC)cc3)cc2)cc1. The minimum Gasteiger partial charge on any atom is -0.494 e. The van der Waals surface area contributed by atoms with Gasteiger partial charge in [-0.25, -0.2) is 4.79 Å². The third-order valence-electron chi connectivity index (χ3n) is 6.98. The van der Waals surface area contributed by atoms with Crippen LogP contribution >= 0.6 is 0 Å². The molecule has 244 valence electrons. The Morgan fingerprint density at radius 1 is 0.652 bits per heavy atom. The van der Waals surface area contributed by atoms with Gasteiger partial charge < -0.3 is 19.1 Å². The summed E-state index contributed by atoms with van der Waals surface area (Å²) in [6.45, 7) is 10.1. The molecule has 0 aliphatic carbocycles. The predicted molar refractivity (Wildman–Crippen MR) is 181 cm³/mol. The van der Waals surface area contributed by atoms with Crippen LogP contribution < -0.4 is 9.64 Å². The minimum atomic E-state index is -0.421. The number of hydrogen-bond acceptors (Lipinski definition) is 10. The number of rotatable bonds is 21. The molecule has 0 heterocycles. The third-order valence-corrected chi connectivity index (χ3v) is 6.98. The summed E-state index contributed by atoms with van der Waals surface area (Å²) in [6.07, 6.45) is 8.03. The number of hydrogen-bond donors (Lipinski definition) is 0. The first-order valence-corrected chi connectivity index (χ1v) is 16.0. The van der Waals surface area contributed by atoms with E-state index in [1.54, 1.807) is 0 Å². The molecule has 0 saturated carbocycles. The van der Waals surface area contributed by atoms with Crippen LogP contribution in [0.15, 0.2) is 106 Å². The first-order chi connectivity index (χ1) is 22.5. The molecule has 0 atom stereocenters. The van der Waals surface area contributed by atoms with E-state index in [1.165, 1.54) is 0 Å². The van der Waals surface area contributed by atoms with Crippen molar-refractivity contribution in [1.29, 1.82) is 0 Å². The highest BCUT2D eigenvalue weighted by molar-refractivity contribution is 5.81. The average Bonchev–Trinajstić information content (AvgIpc) is 3.10. The number of carbonyl (C=O) groups excluding carboxylic acids is 2. The van der Waals surface area contributed by atoms with Crippen molar-refractivity contribution in [1.82, 2.24) is 0 Å². The molecule has 10 heteroatoms. The summed E-state index contributed by atoms with van der Waals surface area (Å²) in [5, 5.41) is 17.3. The van der Waals surface area contributed by atoms with Crippen molar-refractivity contribution >= 4 is 40.4 Å². The molecule has 10 nitrogen and oxygen atoms in total. The van der Waals surface area contributed by atoms with Crippen LogP contribution in [0.5, 0.6) is 5.75 Å². The molecule has 3 rings (SSSR count). The third kappa shape index (κ3) is 13.8. The van der Waals surface area contributed by atoms with Crippen molar-refractivity contribution in [2.45, 2.75) is 58.8 Å². The van der Waals surface area contributed by atoms with Crippen molar-refractivity contribution < 1.29 is 23.8 Å². The Labute approximate surface area is 272 Å². The molecule has 0 aromatic heterocycles. The average molecular weight is 628 g/mol. The molecule has 0 N–H and O–H groups in total. The van der Waals surface area contributed by atoms with Crippen LogP contribution in [-0.4, -0.2) is 44.8 Å². The van der Waals surface area contributed by atoms with Crippen LogP contribution in [0.25, 0.3) is 0 Å². The number of azo groups is 2. The van der Waals surface area contributed by atoms with E-state index < -0.39 is 5.97 Å². The summed E-state index contributed by atoms with van der Waals surface area (Å²) in [6, 6.07) is 22.7. The van der Waals surface area contributed by atoms with Gasteiger partial charge in [-0.3, -0.25) is 4.79 Å². The highest BCUT2D eigenvalue weighted by atomic mass is 16.5. The number of ether oxygens (including phenoxy) is 3. The van der Waals surface area contributed by atoms with Crippen molar-refractivity contribution in [3.05, 3.63) is 85.5 Å². The van der Waals surface area contributed by atoms with Gasteiger partial charge in [-0.2, -0.15) is 20.5 Å². The van der Waals surface area contributed by atoms with E-state index in [9.17, 15) is 9.59 Å². The highest BCUT2D eigenvalue weighted by Gasteiger charge is 2.06. The maximum atomic E-state index is 11.3. The topological polar surface area (TPSA) is 115 Å². The second-order valence-corrected chi connectivity index (χ2v) is 10.4. The Hall–Kier alpha value is -4.86. The quantitative estimate of drug-likeness (QED) is 0.0503. The zero-order valence-corrected chi connectivity index (χ0v) is 27.0. The summed E-state index contributed by atoms with van der Waals surface area (Å²) in [5.41, 5.74) is 3.90. The molecule has 0 unspecified atom stereocenters. The Kier molecular flexibility index (Phi) is 16.2. The lowest BCUT2D eigenvalue weighted by Crippen LogP contribution is -2.27. The molecule has 0 amide bonds. The summed E-state index contributed by atoms with van der Waals surface area (Å²) >= 11 is 0. The van der Waals surface area contributed by atoms with Gasteiger partial charge >= 0.3 is 11.9 Å². The molecule has 0 bridgehead atoms. The van der Waals surface area contributed by atoms with E-state index in [0.717, 1.165) is 74.0 Å². The summed E-state index contributed by atoms with van der Waals surface area (Å²) in [4.78, 5) is 24.5. The maximum absolute atomic E-state index is 11.3. The van der Waals surface area contributed by atoms with Crippen molar-refractivity contribution in [3.63, 3.8) is 0 Å². The van der Waals surface area contributed by atoms with Crippen molar-refractivity contribution in [2.75, 3.05) is 37.8 Å². The largest absolute Gasteiger partial charge is 0.494 e. The van der Waals surface area contributed by atoms with E-state index in [2.05, 4.69) is 31.9 Å². The van der Waals surface area contributed by atoms with Gasteiger partial charge in [0.25, 0.3) is 0 Å². The van der Waals surface area contributed by atoms with Gasteiger partial charge in [0, 0.05) is 24.7 Å². The fourth-order valence-corrected chi connectivity index (χ4v) is 4.33. The first kappa shape index (κ1) is 35.6. The number of nitrogens with zero attached hydrogens (tertiary/aromatic N) is 5. The van der Waals surface area contributed by atoms with Gasteiger partial charge in [-0.15, -0.1) is 0 Å². The second kappa shape index (κ2) is 21.0. The lowest BCUT2D eigenvalue weighted by molar-refractivity contribution is -0.143. The molecule has 0 aliphatic rings. The van der Waals surface area contributed by atoms with Crippen molar-refractivity contribution in [2.24, 2.45) is 20.5 Å². The predicted octanol–water partition coefficient (Wildman–Crippen LogP) is 9.75. The van der Waals surface area contributed by atoms with E-state index in [0.29, 0.717) is 44.2 Å². The molecule has 3 aromatic rings. The van der Waals surface area contributed by atoms with E-state index in [4.69, 9.17) is 14.2 Å². The Morgan fingerprint density at radius 2 is 1.13 bits per heavy atom. The summed E-state index contributed by atoms with van der Waals surface area (Å²) in [5.74, 6) is 0.272. The summed E-state index contributed by atoms with van der Waals surface area (Å²) in [7, 11) is 0. The van der Waals surface area contributed by atoms with E-state index in [-0.39, 0.29) is 5.97 Å². The monoisotopic (exact) mass is 627 g/mol. The lowest BCUT2D eigenvalue weighted by Gasteiger charge is -2.22. The molecular weight excluding hydrogens is 582 g/mol. The van der Waals surface area contributed by atoms with E-state index >= 15 is 0 Å². The number of unbranched alkanes of at least 4 members (excludes halogenated alkanes) is 5. The van der Waals surface area contributed by atoms with Gasteiger partial charge in [-0.05, 0) is 92.6 Å². The molecule has 3 aromatic carbocycles. The summed E-state index contributed by atoms with van der Waals surface area (Å²) < 4.78 is 16.0. The van der Waals surface area contributed by atoms with Gasteiger partial charge in [0.1, 0.15) is 12.4 Å². The zero-order valence-electron chi connectivity index (χ0n) is 27.0. The Morgan fingerprint density at radius 3 is 1.63 bits per heavy atom. The second-order valence-electron chi connectivity index (χ2n) is 10.4. The standard InChI is InChI=1S/C36H45N5O5/c1-4-35(42)45-27-12-10-8-7-9-11-26-44-34-23-19-32(20-24-34)40-38-30-15-13-29(14-16-30)37-39-31-17-21-33(22-18-31)41(6-3)25-28-46-36(43)5-2/h5,13-24H,2,4,6-12,25-28H2,1,3H3. The number of anilines is 1. The van der Waals surface area contributed by atoms with Crippen LogP contribution in [0.3, 0.4) is 0 Å². The molecule has 0 spiro atoms. The Balaban J connectivity index is 1.35. The molecule has 46 heavy (non-hydrogen) atoms. The lowest BCUT2D eigenvalue weighted by atomic mass is 10.1. The van der Waals surface area contributed by atoms with Gasteiger partial charge in [0.15, 0.2) is 0 Å². The number of carbonyl (C=O) groups is 2. The van der Waals surface area contributed by atoms with Crippen LogP contribution in [0.2, 0.25) is 0 Å². The van der Waals surface area contributed by atoms with Crippen LogP contribution in [0.1, 0.15) is 58.8 Å². The molecule has 0 aliphatic heterocycles. The van der Waals surface area contributed by atoms with Gasteiger partial charge in [-0.1, -0.05) is 39.2 Å².